The largest absolute Gasteiger partial charge is 0.469 e. The Balaban J connectivity index is 3.02. The molecule has 0 aliphatic heterocycles. The van der Waals surface area contributed by atoms with Crippen LogP contribution in [0.4, 0.5) is 10.1 Å². The Labute approximate surface area is 99.7 Å². The Morgan fingerprint density at radius 2 is 2.18 bits per heavy atom. The van der Waals surface area contributed by atoms with Gasteiger partial charge >= 0.3 is 5.97 Å². The zero-order chi connectivity index (χ0) is 13.1. The normalized spacial score (nSPS) is 14.1. The van der Waals surface area contributed by atoms with E-state index in [9.17, 15) is 9.18 Å². The Bertz CT molecular complexity index is 423. The van der Waals surface area contributed by atoms with Crippen LogP contribution in [0, 0.1) is 11.2 Å². The zero-order valence-corrected chi connectivity index (χ0v) is 10.00. The maximum Gasteiger partial charge on any atom is 0.313 e. The summed E-state index contributed by atoms with van der Waals surface area (Å²) in [6.07, 6.45) is 0.250. The van der Waals surface area contributed by atoms with Gasteiger partial charge in [-0.25, -0.2) is 4.39 Å². The van der Waals surface area contributed by atoms with E-state index in [1.807, 2.05) is 0 Å². The molecule has 0 saturated carbocycles. The van der Waals surface area contributed by atoms with Crippen LogP contribution in [0.25, 0.3) is 0 Å². The number of hydrogen-bond acceptors (Lipinski definition) is 4. The molecule has 1 aromatic rings. The highest BCUT2D eigenvalue weighted by Gasteiger charge is 2.33. The molecule has 0 fully saturated rings. The van der Waals surface area contributed by atoms with Crippen LogP contribution in [0.3, 0.4) is 0 Å². The summed E-state index contributed by atoms with van der Waals surface area (Å²) in [5.41, 5.74) is 11.4. The van der Waals surface area contributed by atoms with Crippen molar-refractivity contribution in [2.24, 2.45) is 11.1 Å². The van der Waals surface area contributed by atoms with Gasteiger partial charge in [-0.15, -0.1) is 0 Å². The average Bonchev–Trinajstić information content (AvgIpc) is 2.32. The number of carbonyl (C=O) groups excluding carboxylic acids is 1. The van der Waals surface area contributed by atoms with Gasteiger partial charge in [0.2, 0.25) is 0 Å². The van der Waals surface area contributed by atoms with Gasteiger partial charge in [-0.1, -0.05) is 0 Å². The van der Waals surface area contributed by atoms with Gasteiger partial charge in [-0.2, -0.15) is 0 Å². The first-order chi connectivity index (χ1) is 7.92. The molecule has 0 radical (unpaired) electrons. The molecule has 0 aliphatic carbocycles. The number of carbonyl (C=O) groups is 1. The third-order valence-electron chi connectivity index (χ3n) is 2.81. The standard InChI is InChI=1S/C12H17FN2O2/c1-12(7-14,11(16)17-2)6-8-5-9(13)3-4-10(8)15/h3-5H,6-7,14-15H2,1-2H3. The van der Waals surface area contributed by atoms with Crippen molar-refractivity contribution >= 4 is 11.7 Å². The molecule has 4 N–H and O–H groups in total. The minimum absolute atomic E-state index is 0.107. The topological polar surface area (TPSA) is 78.3 Å². The minimum Gasteiger partial charge on any atom is -0.469 e. The lowest BCUT2D eigenvalue weighted by Crippen LogP contribution is -2.38. The molecule has 1 unspecified atom stereocenters. The number of halogens is 1. The molecule has 1 aromatic carbocycles. The van der Waals surface area contributed by atoms with Crippen molar-refractivity contribution in [1.82, 2.24) is 0 Å². The Hall–Kier alpha value is -1.62. The van der Waals surface area contributed by atoms with Gasteiger partial charge in [0.1, 0.15) is 5.82 Å². The summed E-state index contributed by atoms with van der Waals surface area (Å²) >= 11 is 0. The first kappa shape index (κ1) is 13.4. The van der Waals surface area contributed by atoms with E-state index < -0.39 is 17.2 Å². The number of ether oxygens (including phenoxy) is 1. The molecule has 0 bridgehead atoms. The zero-order valence-electron chi connectivity index (χ0n) is 10.00. The first-order valence-corrected chi connectivity index (χ1v) is 5.25. The molecular formula is C12H17FN2O2. The van der Waals surface area contributed by atoms with E-state index in [0.29, 0.717) is 11.3 Å². The fourth-order valence-corrected chi connectivity index (χ4v) is 1.62. The van der Waals surface area contributed by atoms with Crippen molar-refractivity contribution in [3.05, 3.63) is 29.6 Å². The lowest BCUT2D eigenvalue weighted by atomic mass is 9.83. The third kappa shape index (κ3) is 2.94. The van der Waals surface area contributed by atoms with Crippen LogP contribution in [0.5, 0.6) is 0 Å². The molecule has 0 amide bonds. The number of rotatable bonds is 4. The van der Waals surface area contributed by atoms with E-state index in [4.69, 9.17) is 16.2 Å². The fourth-order valence-electron chi connectivity index (χ4n) is 1.62. The second-order valence-corrected chi connectivity index (χ2v) is 4.28. The SMILES string of the molecule is COC(=O)C(C)(CN)Cc1cc(F)ccc1N. The van der Waals surface area contributed by atoms with Crippen molar-refractivity contribution in [3.63, 3.8) is 0 Å². The minimum atomic E-state index is -0.892. The van der Waals surface area contributed by atoms with Crippen LogP contribution < -0.4 is 11.5 Å². The predicted molar refractivity (Wildman–Crippen MR) is 63.7 cm³/mol. The quantitative estimate of drug-likeness (QED) is 0.610. The molecule has 1 rings (SSSR count). The smallest absolute Gasteiger partial charge is 0.313 e. The summed E-state index contributed by atoms with van der Waals surface area (Å²) in [7, 11) is 1.30. The van der Waals surface area contributed by atoms with Gasteiger partial charge in [0.15, 0.2) is 0 Å². The van der Waals surface area contributed by atoms with Crippen molar-refractivity contribution in [3.8, 4) is 0 Å². The van der Waals surface area contributed by atoms with Crippen LogP contribution in [-0.2, 0) is 16.0 Å². The summed E-state index contributed by atoms with van der Waals surface area (Å²) in [5, 5.41) is 0. The van der Waals surface area contributed by atoms with Gasteiger partial charge in [0.25, 0.3) is 0 Å². The summed E-state index contributed by atoms with van der Waals surface area (Å²) in [6.45, 7) is 1.78. The van der Waals surface area contributed by atoms with E-state index in [0.717, 1.165) is 0 Å². The average molecular weight is 240 g/mol. The van der Waals surface area contributed by atoms with E-state index in [1.165, 1.54) is 25.3 Å². The van der Waals surface area contributed by atoms with Gasteiger partial charge < -0.3 is 16.2 Å². The van der Waals surface area contributed by atoms with Crippen molar-refractivity contribution in [2.75, 3.05) is 19.4 Å². The second kappa shape index (κ2) is 5.14. The Morgan fingerprint density at radius 1 is 1.53 bits per heavy atom. The molecule has 0 heterocycles. The molecule has 0 aliphatic rings. The maximum absolute atomic E-state index is 13.1. The lowest BCUT2D eigenvalue weighted by molar-refractivity contribution is -0.151. The van der Waals surface area contributed by atoms with Crippen molar-refractivity contribution < 1.29 is 13.9 Å². The van der Waals surface area contributed by atoms with Crippen LogP contribution in [0.1, 0.15) is 12.5 Å². The number of anilines is 1. The van der Waals surface area contributed by atoms with Gasteiger partial charge in [-0.3, -0.25) is 4.79 Å². The molecule has 4 nitrogen and oxygen atoms in total. The van der Waals surface area contributed by atoms with Crippen LogP contribution in [0.2, 0.25) is 0 Å². The van der Waals surface area contributed by atoms with Crippen LogP contribution in [0.15, 0.2) is 18.2 Å². The van der Waals surface area contributed by atoms with E-state index >= 15 is 0 Å². The summed E-state index contributed by atoms with van der Waals surface area (Å²) in [4.78, 5) is 11.6. The third-order valence-corrected chi connectivity index (χ3v) is 2.81. The number of methoxy groups -OCH3 is 1. The van der Waals surface area contributed by atoms with Crippen LogP contribution in [-0.4, -0.2) is 19.6 Å². The predicted octanol–water partition coefficient (Wildman–Crippen LogP) is 1.09. The second-order valence-electron chi connectivity index (χ2n) is 4.28. The number of nitrogens with two attached hydrogens (primary N) is 2. The van der Waals surface area contributed by atoms with Gasteiger partial charge in [0, 0.05) is 12.2 Å². The summed E-state index contributed by atoms with van der Waals surface area (Å²) in [6, 6.07) is 4.06. The summed E-state index contributed by atoms with van der Waals surface area (Å²) < 4.78 is 17.8. The first-order valence-electron chi connectivity index (χ1n) is 5.25. The van der Waals surface area contributed by atoms with E-state index in [2.05, 4.69) is 0 Å². The molecular weight excluding hydrogens is 223 g/mol. The molecule has 0 saturated heterocycles. The monoisotopic (exact) mass is 240 g/mol. The Kier molecular flexibility index (Phi) is 4.07. The van der Waals surface area contributed by atoms with E-state index in [1.54, 1.807) is 6.92 Å². The number of nitrogen functional groups attached to an aromatic ring is 1. The van der Waals surface area contributed by atoms with Crippen molar-refractivity contribution in [1.29, 1.82) is 0 Å². The fraction of sp³-hybridized carbons (Fsp3) is 0.417. The van der Waals surface area contributed by atoms with Gasteiger partial charge in [0.05, 0.1) is 12.5 Å². The number of esters is 1. The molecule has 5 heteroatoms. The molecule has 0 aromatic heterocycles. The van der Waals surface area contributed by atoms with Crippen LogP contribution >= 0.6 is 0 Å². The molecule has 0 spiro atoms. The lowest BCUT2D eigenvalue weighted by Gasteiger charge is -2.25. The highest BCUT2D eigenvalue weighted by molar-refractivity contribution is 5.77. The van der Waals surface area contributed by atoms with E-state index in [-0.39, 0.29) is 13.0 Å². The summed E-state index contributed by atoms with van der Waals surface area (Å²) in [5.74, 6) is -0.818. The molecule has 17 heavy (non-hydrogen) atoms. The Morgan fingerprint density at radius 3 is 2.71 bits per heavy atom. The molecule has 94 valence electrons. The van der Waals surface area contributed by atoms with Gasteiger partial charge in [-0.05, 0) is 37.1 Å². The highest BCUT2D eigenvalue weighted by atomic mass is 19.1. The highest BCUT2D eigenvalue weighted by Crippen LogP contribution is 2.26. The van der Waals surface area contributed by atoms with Crippen molar-refractivity contribution in [2.45, 2.75) is 13.3 Å². The number of benzene rings is 1. The molecule has 1 atom stereocenters. The maximum atomic E-state index is 13.1. The number of hydrogen-bond donors (Lipinski definition) is 2.